The van der Waals surface area contributed by atoms with E-state index in [1.54, 1.807) is 11.7 Å². The highest BCUT2D eigenvalue weighted by Crippen LogP contribution is 2.19. The number of aliphatic carboxylic acids is 1. The predicted octanol–water partition coefficient (Wildman–Crippen LogP) is 2.02. The quantitative estimate of drug-likeness (QED) is 0.877. The summed E-state index contributed by atoms with van der Waals surface area (Å²) in [6, 6.07) is 9.82. The average Bonchev–Trinajstić information content (AvgIpc) is 2.60. The molecule has 88 valence electrons. The van der Waals surface area contributed by atoms with Crippen LogP contribution in [-0.2, 0) is 18.3 Å². The zero-order valence-electron chi connectivity index (χ0n) is 9.84. The Labute approximate surface area is 99.5 Å². The van der Waals surface area contributed by atoms with Gasteiger partial charge in [-0.1, -0.05) is 29.8 Å². The standard InChI is InChI=1S/C13H14N2O2/c1-9-3-5-10(6-4-9)12-7-11(8-13(16)17)15(2)14-12/h3-7H,8H2,1-2H3,(H,16,17). The number of aromatic nitrogens is 2. The van der Waals surface area contributed by atoms with E-state index in [-0.39, 0.29) is 6.42 Å². The van der Waals surface area contributed by atoms with E-state index in [9.17, 15) is 4.79 Å². The molecule has 4 heteroatoms. The summed E-state index contributed by atoms with van der Waals surface area (Å²) in [5.41, 5.74) is 3.70. The van der Waals surface area contributed by atoms with Gasteiger partial charge in [-0.2, -0.15) is 5.10 Å². The normalized spacial score (nSPS) is 10.5. The molecule has 0 saturated heterocycles. The van der Waals surface area contributed by atoms with Crippen LogP contribution in [0.15, 0.2) is 30.3 Å². The van der Waals surface area contributed by atoms with Gasteiger partial charge in [0, 0.05) is 18.3 Å². The van der Waals surface area contributed by atoms with Crippen molar-refractivity contribution >= 4 is 5.97 Å². The zero-order chi connectivity index (χ0) is 12.4. The van der Waals surface area contributed by atoms with Gasteiger partial charge in [-0.25, -0.2) is 0 Å². The second-order valence-electron chi connectivity index (χ2n) is 4.08. The Morgan fingerprint density at radius 3 is 2.59 bits per heavy atom. The fourth-order valence-electron chi connectivity index (χ4n) is 1.69. The molecule has 0 aliphatic carbocycles. The Morgan fingerprint density at radius 1 is 1.35 bits per heavy atom. The number of hydrogen-bond acceptors (Lipinski definition) is 2. The van der Waals surface area contributed by atoms with E-state index in [4.69, 9.17) is 5.11 Å². The molecule has 0 aliphatic heterocycles. The van der Waals surface area contributed by atoms with E-state index in [0.29, 0.717) is 5.69 Å². The van der Waals surface area contributed by atoms with Crippen molar-refractivity contribution in [1.82, 2.24) is 9.78 Å². The number of benzene rings is 1. The van der Waals surface area contributed by atoms with Gasteiger partial charge in [0.05, 0.1) is 12.1 Å². The third kappa shape index (κ3) is 2.53. The molecule has 2 rings (SSSR count). The van der Waals surface area contributed by atoms with E-state index in [0.717, 1.165) is 11.3 Å². The van der Waals surface area contributed by atoms with Crippen LogP contribution in [0.2, 0.25) is 0 Å². The molecule has 0 saturated carbocycles. The van der Waals surface area contributed by atoms with Crippen LogP contribution < -0.4 is 0 Å². The first-order valence-electron chi connectivity index (χ1n) is 5.38. The molecule has 1 heterocycles. The van der Waals surface area contributed by atoms with Crippen LogP contribution in [0.4, 0.5) is 0 Å². The van der Waals surface area contributed by atoms with Crippen molar-refractivity contribution in [2.45, 2.75) is 13.3 Å². The lowest BCUT2D eigenvalue weighted by molar-refractivity contribution is -0.136. The van der Waals surface area contributed by atoms with Gasteiger partial charge in [0.15, 0.2) is 0 Å². The van der Waals surface area contributed by atoms with Gasteiger partial charge in [0.2, 0.25) is 0 Å². The van der Waals surface area contributed by atoms with Crippen molar-refractivity contribution in [3.05, 3.63) is 41.6 Å². The van der Waals surface area contributed by atoms with Crippen molar-refractivity contribution in [2.75, 3.05) is 0 Å². The minimum Gasteiger partial charge on any atom is -0.481 e. The molecule has 0 spiro atoms. The van der Waals surface area contributed by atoms with Crippen LogP contribution in [0, 0.1) is 6.92 Å². The van der Waals surface area contributed by atoms with Crippen LogP contribution in [0.1, 0.15) is 11.3 Å². The molecule has 17 heavy (non-hydrogen) atoms. The predicted molar refractivity (Wildman–Crippen MR) is 64.7 cm³/mol. The second-order valence-corrected chi connectivity index (χ2v) is 4.08. The Bertz CT molecular complexity index is 541. The lowest BCUT2D eigenvalue weighted by Crippen LogP contribution is -2.05. The molecule has 0 fully saturated rings. The summed E-state index contributed by atoms with van der Waals surface area (Å²) >= 11 is 0. The van der Waals surface area contributed by atoms with Gasteiger partial charge >= 0.3 is 5.97 Å². The topological polar surface area (TPSA) is 55.1 Å². The van der Waals surface area contributed by atoms with E-state index >= 15 is 0 Å². The minimum absolute atomic E-state index is 0.00460. The number of hydrogen-bond donors (Lipinski definition) is 1. The largest absolute Gasteiger partial charge is 0.481 e. The number of carboxylic acids is 1. The van der Waals surface area contributed by atoms with Gasteiger partial charge in [0.25, 0.3) is 0 Å². The highest BCUT2D eigenvalue weighted by atomic mass is 16.4. The fourth-order valence-corrected chi connectivity index (χ4v) is 1.69. The zero-order valence-corrected chi connectivity index (χ0v) is 9.84. The van der Waals surface area contributed by atoms with Crippen molar-refractivity contribution in [3.8, 4) is 11.3 Å². The van der Waals surface area contributed by atoms with Gasteiger partial charge < -0.3 is 5.11 Å². The summed E-state index contributed by atoms with van der Waals surface area (Å²) < 4.78 is 1.61. The SMILES string of the molecule is Cc1ccc(-c2cc(CC(=O)O)n(C)n2)cc1. The van der Waals surface area contributed by atoms with E-state index in [2.05, 4.69) is 5.10 Å². The molecule has 0 aliphatic rings. The summed E-state index contributed by atoms with van der Waals surface area (Å²) in [7, 11) is 1.76. The van der Waals surface area contributed by atoms with Crippen LogP contribution in [-0.4, -0.2) is 20.9 Å². The third-order valence-electron chi connectivity index (χ3n) is 2.66. The summed E-state index contributed by atoms with van der Waals surface area (Å²) in [4.78, 5) is 10.7. The monoisotopic (exact) mass is 230 g/mol. The average molecular weight is 230 g/mol. The fraction of sp³-hybridized carbons (Fsp3) is 0.231. The molecule has 0 bridgehead atoms. The summed E-state index contributed by atoms with van der Waals surface area (Å²) in [6.07, 6.45) is -0.00460. The first-order chi connectivity index (χ1) is 8.06. The minimum atomic E-state index is -0.844. The van der Waals surface area contributed by atoms with Gasteiger partial charge in [-0.15, -0.1) is 0 Å². The van der Waals surface area contributed by atoms with E-state index in [1.807, 2.05) is 37.3 Å². The summed E-state index contributed by atoms with van der Waals surface area (Å²) in [5.74, 6) is -0.844. The molecule has 0 radical (unpaired) electrons. The van der Waals surface area contributed by atoms with Crippen LogP contribution >= 0.6 is 0 Å². The Hall–Kier alpha value is -2.10. The van der Waals surface area contributed by atoms with Gasteiger partial charge in [-0.3, -0.25) is 9.48 Å². The first-order valence-corrected chi connectivity index (χ1v) is 5.38. The molecule has 4 nitrogen and oxygen atoms in total. The van der Waals surface area contributed by atoms with Crippen molar-refractivity contribution < 1.29 is 9.90 Å². The smallest absolute Gasteiger partial charge is 0.309 e. The Balaban J connectivity index is 2.34. The van der Waals surface area contributed by atoms with E-state index in [1.165, 1.54) is 5.56 Å². The van der Waals surface area contributed by atoms with Crippen LogP contribution in [0.25, 0.3) is 11.3 Å². The third-order valence-corrected chi connectivity index (χ3v) is 2.66. The lowest BCUT2D eigenvalue weighted by Gasteiger charge is -1.96. The number of aryl methyl sites for hydroxylation is 2. The van der Waals surface area contributed by atoms with Crippen LogP contribution in [0.5, 0.6) is 0 Å². The maximum Gasteiger partial charge on any atom is 0.309 e. The van der Waals surface area contributed by atoms with E-state index < -0.39 is 5.97 Å². The van der Waals surface area contributed by atoms with Crippen molar-refractivity contribution in [1.29, 1.82) is 0 Å². The number of carboxylic acid groups (broad SMARTS) is 1. The summed E-state index contributed by atoms with van der Waals surface area (Å²) in [6.45, 7) is 2.03. The van der Waals surface area contributed by atoms with Crippen LogP contribution in [0.3, 0.4) is 0 Å². The maximum absolute atomic E-state index is 10.7. The summed E-state index contributed by atoms with van der Waals surface area (Å²) in [5, 5.41) is 13.1. The second kappa shape index (κ2) is 4.41. The van der Waals surface area contributed by atoms with Crippen molar-refractivity contribution in [3.63, 3.8) is 0 Å². The lowest BCUT2D eigenvalue weighted by atomic mass is 10.1. The molecule has 2 aromatic rings. The molecule has 0 unspecified atom stereocenters. The van der Waals surface area contributed by atoms with Crippen molar-refractivity contribution in [2.24, 2.45) is 7.05 Å². The molecule has 1 aromatic heterocycles. The highest BCUT2D eigenvalue weighted by Gasteiger charge is 2.09. The highest BCUT2D eigenvalue weighted by molar-refractivity contribution is 5.70. The first kappa shape index (κ1) is 11.4. The number of rotatable bonds is 3. The molecule has 0 amide bonds. The molecule has 1 N–H and O–H groups in total. The van der Waals surface area contributed by atoms with Gasteiger partial charge in [-0.05, 0) is 13.0 Å². The molecular weight excluding hydrogens is 216 g/mol. The number of carbonyl (C=O) groups is 1. The molecule has 0 atom stereocenters. The maximum atomic E-state index is 10.7. The Morgan fingerprint density at radius 2 is 2.00 bits per heavy atom. The number of nitrogens with zero attached hydrogens (tertiary/aromatic N) is 2. The Kier molecular flexibility index (Phi) is 2.95. The van der Waals surface area contributed by atoms with Gasteiger partial charge in [0.1, 0.15) is 0 Å². The molecule has 1 aromatic carbocycles. The molecular formula is C13H14N2O2.